The van der Waals surface area contributed by atoms with Gasteiger partial charge in [-0.25, -0.2) is 26.9 Å². The molecule has 0 amide bonds. The van der Waals surface area contributed by atoms with Crippen molar-refractivity contribution in [2.75, 3.05) is 5.73 Å². The maximum absolute atomic E-state index is 13.7. The SMILES string of the molecule is Nc1ncc(-c2c(F)c(F)c(F)c(F)c2F)cc1CC(=O)O. The van der Waals surface area contributed by atoms with Crippen molar-refractivity contribution in [3.05, 3.63) is 46.9 Å². The fraction of sp³-hybridized carbons (Fsp3) is 0.0769. The van der Waals surface area contributed by atoms with Gasteiger partial charge < -0.3 is 10.8 Å². The first-order chi connectivity index (χ1) is 10.2. The van der Waals surface area contributed by atoms with Gasteiger partial charge in [0, 0.05) is 17.3 Å². The van der Waals surface area contributed by atoms with E-state index in [1.807, 2.05) is 0 Å². The van der Waals surface area contributed by atoms with Crippen molar-refractivity contribution in [1.29, 1.82) is 0 Å². The molecular formula is C13H7F5N2O2. The lowest BCUT2D eigenvalue weighted by Gasteiger charge is -2.10. The average molecular weight is 318 g/mol. The average Bonchev–Trinajstić information content (AvgIpc) is 2.46. The van der Waals surface area contributed by atoms with Crippen molar-refractivity contribution >= 4 is 11.8 Å². The minimum atomic E-state index is -2.28. The molecule has 1 heterocycles. The standard InChI is InChI=1S/C13H7F5N2O2/c14-8-7(9(15)11(17)12(18)10(8)16)5-1-4(2-6(21)22)13(19)20-3-5/h1,3H,2H2,(H2,19,20)(H,21,22). The molecule has 9 heteroatoms. The summed E-state index contributed by atoms with van der Waals surface area (Å²) >= 11 is 0. The highest BCUT2D eigenvalue weighted by Crippen LogP contribution is 2.32. The lowest BCUT2D eigenvalue weighted by Crippen LogP contribution is -2.07. The zero-order valence-electron chi connectivity index (χ0n) is 10.6. The van der Waals surface area contributed by atoms with Crippen LogP contribution in [0.2, 0.25) is 0 Å². The van der Waals surface area contributed by atoms with Crippen molar-refractivity contribution in [1.82, 2.24) is 4.98 Å². The zero-order chi connectivity index (χ0) is 16.6. The summed E-state index contributed by atoms with van der Waals surface area (Å²) in [5.74, 6) is -12.1. The van der Waals surface area contributed by atoms with Crippen LogP contribution < -0.4 is 5.73 Å². The van der Waals surface area contributed by atoms with Crippen LogP contribution in [0.3, 0.4) is 0 Å². The highest BCUT2D eigenvalue weighted by molar-refractivity contribution is 5.74. The van der Waals surface area contributed by atoms with Crippen LogP contribution >= 0.6 is 0 Å². The maximum Gasteiger partial charge on any atom is 0.307 e. The number of nitrogens with zero attached hydrogens (tertiary/aromatic N) is 1. The third-order valence-corrected chi connectivity index (χ3v) is 2.84. The molecule has 116 valence electrons. The third-order valence-electron chi connectivity index (χ3n) is 2.84. The van der Waals surface area contributed by atoms with Gasteiger partial charge in [-0.1, -0.05) is 0 Å². The number of carbonyl (C=O) groups is 1. The summed E-state index contributed by atoms with van der Waals surface area (Å²) in [5, 5.41) is 8.69. The van der Waals surface area contributed by atoms with E-state index >= 15 is 0 Å². The lowest BCUT2D eigenvalue weighted by atomic mass is 10.0. The molecule has 1 aromatic carbocycles. The van der Waals surface area contributed by atoms with Gasteiger partial charge in [0.05, 0.1) is 12.0 Å². The van der Waals surface area contributed by atoms with Crippen LogP contribution in [0.25, 0.3) is 11.1 Å². The van der Waals surface area contributed by atoms with Crippen molar-refractivity contribution in [2.24, 2.45) is 0 Å². The van der Waals surface area contributed by atoms with Crippen molar-refractivity contribution in [3.8, 4) is 11.1 Å². The Kier molecular flexibility index (Phi) is 3.98. The van der Waals surface area contributed by atoms with Crippen molar-refractivity contribution < 1.29 is 31.9 Å². The van der Waals surface area contributed by atoms with Gasteiger partial charge >= 0.3 is 5.97 Å². The second-order valence-electron chi connectivity index (χ2n) is 4.28. The number of carboxylic acids is 1. The van der Waals surface area contributed by atoms with Crippen LogP contribution in [-0.4, -0.2) is 16.1 Å². The Bertz CT molecular complexity index is 751. The molecule has 0 saturated carbocycles. The number of halogens is 5. The molecule has 2 rings (SSSR count). The molecule has 22 heavy (non-hydrogen) atoms. The van der Waals surface area contributed by atoms with Crippen LogP contribution in [0.5, 0.6) is 0 Å². The third kappa shape index (κ3) is 2.57. The molecule has 0 fully saturated rings. The largest absolute Gasteiger partial charge is 0.481 e. The molecule has 0 saturated heterocycles. The van der Waals surface area contributed by atoms with E-state index in [0.29, 0.717) is 0 Å². The highest BCUT2D eigenvalue weighted by Gasteiger charge is 2.27. The zero-order valence-corrected chi connectivity index (χ0v) is 10.6. The first kappa shape index (κ1) is 15.7. The van der Waals surface area contributed by atoms with Gasteiger partial charge in [-0.05, 0) is 6.07 Å². The first-order valence-electron chi connectivity index (χ1n) is 5.72. The van der Waals surface area contributed by atoms with Gasteiger partial charge in [-0.3, -0.25) is 4.79 Å². The lowest BCUT2D eigenvalue weighted by molar-refractivity contribution is -0.136. The van der Waals surface area contributed by atoms with E-state index < -0.39 is 52.6 Å². The Morgan fingerprint density at radius 2 is 1.55 bits per heavy atom. The summed E-state index contributed by atoms with van der Waals surface area (Å²) < 4.78 is 66.7. The maximum atomic E-state index is 13.7. The van der Waals surface area contributed by atoms with Gasteiger partial charge in [0.15, 0.2) is 23.3 Å². The van der Waals surface area contributed by atoms with Crippen LogP contribution in [0.4, 0.5) is 27.8 Å². The predicted molar refractivity (Wildman–Crippen MR) is 65.2 cm³/mol. The molecular weight excluding hydrogens is 311 g/mol. The number of nitrogens with two attached hydrogens (primary N) is 1. The van der Waals surface area contributed by atoms with Crippen molar-refractivity contribution in [2.45, 2.75) is 6.42 Å². The number of hydrogen-bond donors (Lipinski definition) is 2. The van der Waals surface area contributed by atoms with Crippen molar-refractivity contribution in [3.63, 3.8) is 0 Å². The number of hydrogen-bond acceptors (Lipinski definition) is 3. The van der Waals surface area contributed by atoms with Crippen LogP contribution in [0.1, 0.15) is 5.56 Å². The van der Waals surface area contributed by atoms with Gasteiger partial charge in [0.1, 0.15) is 5.82 Å². The quantitative estimate of drug-likeness (QED) is 0.518. The summed E-state index contributed by atoms with van der Waals surface area (Å²) in [5.41, 5.74) is 3.62. The molecule has 1 aromatic heterocycles. The molecule has 0 bridgehead atoms. The number of rotatable bonds is 3. The summed E-state index contributed by atoms with van der Waals surface area (Å²) in [6, 6.07) is 0.911. The Balaban J connectivity index is 2.70. The molecule has 0 aliphatic carbocycles. The number of carboxylic acid groups (broad SMARTS) is 1. The number of anilines is 1. The van der Waals surface area contributed by atoms with Gasteiger partial charge in [0.25, 0.3) is 0 Å². The molecule has 4 nitrogen and oxygen atoms in total. The number of benzene rings is 1. The Morgan fingerprint density at radius 3 is 2.05 bits per heavy atom. The van der Waals surface area contributed by atoms with Crippen LogP contribution in [0, 0.1) is 29.1 Å². The first-order valence-corrected chi connectivity index (χ1v) is 5.72. The molecule has 3 N–H and O–H groups in total. The highest BCUT2D eigenvalue weighted by atomic mass is 19.2. The summed E-state index contributed by atoms with van der Waals surface area (Å²) in [4.78, 5) is 14.2. The monoisotopic (exact) mass is 318 g/mol. The molecule has 0 atom stereocenters. The second kappa shape index (κ2) is 5.58. The number of aliphatic carboxylic acids is 1. The summed E-state index contributed by atoms with van der Waals surface area (Å²) in [6.07, 6.45) is 0.168. The molecule has 0 aliphatic rings. The van der Waals surface area contributed by atoms with E-state index in [2.05, 4.69) is 4.98 Å². The smallest absolute Gasteiger partial charge is 0.307 e. The molecule has 0 radical (unpaired) electrons. The van der Waals surface area contributed by atoms with E-state index in [1.54, 1.807) is 0 Å². The van der Waals surface area contributed by atoms with Gasteiger partial charge in [-0.2, -0.15) is 0 Å². The van der Waals surface area contributed by atoms with Crippen LogP contribution in [0.15, 0.2) is 12.3 Å². The Morgan fingerprint density at radius 1 is 1.05 bits per heavy atom. The van der Waals surface area contributed by atoms with E-state index in [0.717, 1.165) is 12.3 Å². The summed E-state index contributed by atoms with van der Waals surface area (Å²) in [6.45, 7) is 0. The minimum Gasteiger partial charge on any atom is -0.481 e. The van der Waals surface area contributed by atoms with Gasteiger partial charge in [-0.15, -0.1) is 0 Å². The second-order valence-corrected chi connectivity index (χ2v) is 4.28. The number of nitrogen functional groups attached to an aromatic ring is 1. The van der Waals surface area contributed by atoms with E-state index in [4.69, 9.17) is 10.8 Å². The topological polar surface area (TPSA) is 76.2 Å². The van der Waals surface area contributed by atoms with Crippen LogP contribution in [-0.2, 0) is 11.2 Å². The fourth-order valence-corrected chi connectivity index (χ4v) is 1.82. The molecule has 2 aromatic rings. The van der Waals surface area contributed by atoms with Gasteiger partial charge in [0.2, 0.25) is 5.82 Å². The molecule has 0 unspecified atom stereocenters. The normalized spacial score (nSPS) is 10.8. The van der Waals surface area contributed by atoms with E-state index in [1.165, 1.54) is 0 Å². The summed E-state index contributed by atoms with van der Waals surface area (Å²) in [7, 11) is 0. The molecule has 0 spiro atoms. The number of aromatic nitrogens is 1. The van der Waals surface area contributed by atoms with E-state index in [9.17, 15) is 26.7 Å². The Labute approximate surface area is 120 Å². The van der Waals surface area contributed by atoms with E-state index in [-0.39, 0.29) is 11.4 Å². The number of pyridine rings is 1. The minimum absolute atomic E-state index is 0.117. The predicted octanol–water partition coefficient (Wildman–Crippen LogP) is 2.65. The molecule has 0 aliphatic heterocycles. The fourth-order valence-electron chi connectivity index (χ4n) is 1.82. The Hall–Kier alpha value is -2.71.